The Morgan fingerprint density at radius 3 is 2.80 bits per heavy atom. The third kappa shape index (κ3) is 3.62. The fourth-order valence-corrected chi connectivity index (χ4v) is 2.93. The van der Waals surface area contributed by atoms with Crippen molar-refractivity contribution in [2.24, 2.45) is 0 Å². The van der Waals surface area contributed by atoms with Gasteiger partial charge in [0.2, 0.25) is 0 Å². The quantitative estimate of drug-likeness (QED) is 0.531. The van der Waals surface area contributed by atoms with Crippen LogP contribution in [0.5, 0.6) is 0 Å². The van der Waals surface area contributed by atoms with Gasteiger partial charge in [-0.3, -0.25) is 0 Å². The zero-order valence-electron chi connectivity index (χ0n) is 12.4. The number of hydrogen-bond donors (Lipinski definition) is 0. The predicted molar refractivity (Wildman–Crippen MR) is 77.3 cm³/mol. The smallest absolute Gasteiger partial charge is 0.169 e. The Morgan fingerprint density at radius 2 is 2.15 bits per heavy atom. The molecular formula is C16H26O4. The molecule has 1 aliphatic heterocycles. The molecule has 0 N–H and O–H groups in total. The van der Waals surface area contributed by atoms with Crippen LogP contribution in [0.15, 0.2) is 25.0 Å². The van der Waals surface area contributed by atoms with E-state index in [1.54, 1.807) is 6.08 Å². The molecule has 0 amide bonds. The molecule has 4 heteroatoms. The molecule has 1 saturated carbocycles. The lowest BCUT2D eigenvalue weighted by Gasteiger charge is -2.33. The highest BCUT2D eigenvalue weighted by atomic mass is 16.8. The highest BCUT2D eigenvalue weighted by Gasteiger charge is 2.46. The van der Waals surface area contributed by atoms with Crippen LogP contribution in [0.1, 0.15) is 39.0 Å². The van der Waals surface area contributed by atoms with Crippen LogP contribution in [0.4, 0.5) is 0 Å². The molecule has 2 aliphatic rings. The molecule has 0 aromatic rings. The van der Waals surface area contributed by atoms with Crippen LogP contribution in [0.3, 0.4) is 0 Å². The third-order valence-electron chi connectivity index (χ3n) is 3.87. The molecule has 0 unspecified atom stereocenters. The molecule has 1 saturated heterocycles. The van der Waals surface area contributed by atoms with Gasteiger partial charge in [-0.05, 0) is 19.8 Å². The Morgan fingerprint density at radius 1 is 1.40 bits per heavy atom. The van der Waals surface area contributed by atoms with Crippen molar-refractivity contribution in [3.05, 3.63) is 25.0 Å². The van der Waals surface area contributed by atoms with Gasteiger partial charge >= 0.3 is 0 Å². The van der Waals surface area contributed by atoms with Crippen molar-refractivity contribution in [3.63, 3.8) is 0 Å². The second kappa shape index (κ2) is 7.25. The molecule has 1 heterocycles. The Balaban J connectivity index is 1.98. The first kappa shape index (κ1) is 15.5. The standard InChI is InChI=1S/C16H26O4/c1-4-11-18-15(13(3)17-5-2)14-12-19-16(20-14)9-7-6-8-10-16/h4,14-15H,1,3,5-12H2,2H3/t14-,15+/m1/s1. The monoisotopic (exact) mass is 282 g/mol. The van der Waals surface area contributed by atoms with E-state index in [0.29, 0.717) is 25.6 Å². The average molecular weight is 282 g/mol. The van der Waals surface area contributed by atoms with E-state index >= 15 is 0 Å². The minimum Gasteiger partial charge on any atom is -0.496 e. The van der Waals surface area contributed by atoms with Gasteiger partial charge in [-0.15, -0.1) is 6.58 Å². The highest BCUT2D eigenvalue weighted by molar-refractivity contribution is 5.01. The summed E-state index contributed by atoms with van der Waals surface area (Å²) in [5.74, 6) is 0.210. The molecule has 1 aliphatic carbocycles. The summed E-state index contributed by atoms with van der Waals surface area (Å²) in [5, 5.41) is 0. The summed E-state index contributed by atoms with van der Waals surface area (Å²) in [6.45, 7) is 11.1. The van der Waals surface area contributed by atoms with Crippen molar-refractivity contribution in [1.82, 2.24) is 0 Å². The molecule has 2 fully saturated rings. The first-order valence-corrected chi connectivity index (χ1v) is 7.56. The molecule has 2 atom stereocenters. The van der Waals surface area contributed by atoms with Crippen LogP contribution in [0.2, 0.25) is 0 Å². The molecule has 0 aromatic heterocycles. The molecule has 4 nitrogen and oxygen atoms in total. The minimum absolute atomic E-state index is 0.146. The van der Waals surface area contributed by atoms with Gasteiger partial charge < -0.3 is 18.9 Å². The van der Waals surface area contributed by atoms with Gasteiger partial charge in [0.1, 0.15) is 18.0 Å². The van der Waals surface area contributed by atoms with Crippen LogP contribution in [0.25, 0.3) is 0 Å². The topological polar surface area (TPSA) is 36.9 Å². The van der Waals surface area contributed by atoms with Gasteiger partial charge in [0.25, 0.3) is 0 Å². The summed E-state index contributed by atoms with van der Waals surface area (Å²) in [6, 6.07) is 0. The maximum atomic E-state index is 6.19. The van der Waals surface area contributed by atoms with E-state index in [4.69, 9.17) is 18.9 Å². The van der Waals surface area contributed by atoms with Crippen LogP contribution >= 0.6 is 0 Å². The van der Waals surface area contributed by atoms with E-state index in [2.05, 4.69) is 13.2 Å². The van der Waals surface area contributed by atoms with Crippen LogP contribution in [-0.2, 0) is 18.9 Å². The van der Waals surface area contributed by atoms with Gasteiger partial charge in [-0.1, -0.05) is 19.1 Å². The van der Waals surface area contributed by atoms with Crippen molar-refractivity contribution >= 4 is 0 Å². The Bertz CT molecular complexity index is 333. The molecule has 0 aromatic carbocycles. The summed E-state index contributed by atoms with van der Waals surface area (Å²) in [4.78, 5) is 0. The van der Waals surface area contributed by atoms with Gasteiger partial charge in [0.05, 0.1) is 19.8 Å². The lowest BCUT2D eigenvalue weighted by Crippen LogP contribution is -2.38. The third-order valence-corrected chi connectivity index (χ3v) is 3.87. The van der Waals surface area contributed by atoms with Gasteiger partial charge in [-0.25, -0.2) is 0 Å². The Labute approximate surface area is 121 Å². The number of rotatable bonds is 7. The van der Waals surface area contributed by atoms with Crippen molar-refractivity contribution in [3.8, 4) is 0 Å². The summed E-state index contributed by atoms with van der Waals surface area (Å²) in [5.41, 5.74) is 0. The summed E-state index contributed by atoms with van der Waals surface area (Å²) >= 11 is 0. The maximum Gasteiger partial charge on any atom is 0.169 e. The molecule has 1 spiro atoms. The largest absolute Gasteiger partial charge is 0.496 e. The fourth-order valence-electron chi connectivity index (χ4n) is 2.93. The second-order valence-electron chi connectivity index (χ2n) is 5.38. The molecule has 2 rings (SSSR count). The van der Waals surface area contributed by atoms with Crippen molar-refractivity contribution in [2.75, 3.05) is 19.8 Å². The number of hydrogen-bond acceptors (Lipinski definition) is 4. The van der Waals surface area contributed by atoms with Gasteiger partial charge in [-0.2, -0.15) is 0 Å². The first-order valence-electron chi connectivity index (χ1n) is 7.56. The Hall–Kier alpha value is -0.840. The van der Waals surface area contributed by atoms with E-state index in [1.807, 2.05) is 6.92 Å². The van der Waals surface area contributed by atoms with E-state index < -0.39 is 5.79 Å². The zero-order chi connectivity index (χ0) is 14.4. The van der Waals surface area contributed by atoms with Gasteiger partial charge in [0, 0.05) is 12.8 Å². The summed E-state index contributed by atoms with van der Waals surface area (Å²) in [7, 11) is 0. The highest BCUT2D eigenvalue weighted by Crippen LogP contribution is 2.39. The summed E-state index contributed by atoms with van der Waals surface area (Å²) in [6.07, 6.45) is 6.81. The number of ether oxygens (including phenoxy) is 4. The van der Waals surface area contributed by atoms with Crippen molar-refractivity contribution in [2.45, 2.75) is 57.0 Å². The van der Waals surface area contributed by atoms with E-state index in [0.717, 1.165) is 25.7 Å². The van der Waals surface area contributed by atoms with Crippen LogP contribution in [-0.4, -0.2) is 37.8 Å². The molecule has 114 valence electrons. The first-order chi connectivity index (χ1) is 9.71. The van der Waals surface area contributed by atoms with Crippen LogP contribution in [0, 0.1) is 0 Å². The minimum atomic E-state index is -0.398. The lowest BCUT2D eigenvalue weighted by molar-refractivity contribution is -0.197. The molecular weight excluding hydrogens is 256 g/mol. The average Bonchev–Trinajstić information content (AvgIpc) is 2.84. The van der Waals surface area contributed by atoms with Crippen molar-refractivity contribution < 1.29 is 18.9 Å². The van der Waals surface area contributed by atoms with Gasteiger partial charge in [0.15, 0.2) is 5.79 Å². The maximum absolute atomic E-state index is 6.19. The summed E-state index contributed by atoms with van der Waals surface area (Å²) < 4.78 is 23.4. The second-order valence-corrected chi connectivity index (χ2v) is 5.38. The SMILES string of the molecule is C=CCO[C@@H](C(=C)OCC)[C@H]1COC2(CCCCC2)O1. The molecule has 20 heavy (non-hydrogen) atoms. The van der Waals surface area contributed by atoms with E-state index in [1.165, 1.54) is 6.42 Å². The van der Waals surface area contributed by atoms with E-state index in [9.17, 15) is 0 Å². The molecule has 0 radical (unpaired) electrons. The fraction of sp³-hybridized carbons (Fsp3) is 0.750. The Kier molecular flexibility index (Phi) is 5.64. The zero-order valence-corrected chi connectivity index (χ0v) is 12.4. The molecule has 0 bridgehead atoms. The van der Waals surface area contributed by atoms with E-state index in [-0.39, 0.29) is 12.2 Å². The lowest BCUT2D eigenvalue weighted by atomic mass is 9.94. The normalized spacial score (nSPS) is 26.4. The predicted octanol–water partition coefficient (Wildman–Crippen LogP) is 3.18. The van der Waals surface area contributed by atoms with Crippen LogP contribution < -0.4 is 0 Å². The van der Waals surface area contributed by atoms with Crippen molar-refractivity contribution in [1.29, 1.82) is 0 Å².